The van der Waals surface area contributed by atoms with E-state index in [4.69, 9.17) is 12.2 Å². The Hall–Kier alpha value is -1.09. The molecular formula is C15H24N2S. The predicted octanol–water partition coefficient (Wildman–Crippen LogP) is 4.12. The number of nitrogens with one attached hydrogen (secondary N) is 2. The van der Waals surface area contributed by atoms with Gasteiger partial charge in [0.1, 0.15) is 0 Å². The minimum absolute atomic E-state index is 0.713. The van der Waals surface area contributed by atoms with E-state index in [2.05, 4.69) is 48.7 Å². The molecule has 0 radical (unpaired) electrons. The van der Waals surface area contributed by atoms with Crippen LogP contribution in [0.15, 0.2) is 24.3 Å². The molecule has 0 aliphatic carbocycles. The lowest BCUT2D eigenvalue weighted by Crippen LogP contribution is -2.29. The summed E-state index contributed by atoms with van der Waals surface area (Å²) in [6.07, 6.45) is 5.99. The van der Waals surface area contributed by atoms with E-state index in [9.17, 15) is 0 Å². The molecule has 0 heterocycles. The van der Waals surface area contributed by atoms with Gasteiger partial charge in [-0.05, 0) is 49.2 Å². The van der Waals surface area contributed by atoms with Crippen molar-refractivity contribution in [3.63, 3.8) is 0 Å². The van der Waals surface area contributed by atoms with Crippen molar-refractivity contribution in [2.24, 2.45) is 0 Å². The van der Waals surface area contributed by atoms with E-state index >= 15 is 0 Å². The van der Waals surface area contributed by atoms with Crippen LogP contribution in [-0.4, -0.2) is 11.7 Å². The highest BCUT2D eigenvalue weighted by molar-refractivity contribution is 7.80. The molecule has 1 rings (SSSR count). The van der Waals surface area contributed by atoms with Crippen LogP contribution in [0.2, 0.25) is 0 Å². The van der Waals surface area contributed by atoms with Gasteiger partial charge in [0.05, 0.1) is 0 Å². The normalized spacial score (nSPS) is 10.1. The molecule has 18 heavy (non-hydrogen) atoms. The zero-order chi connectivity index (χ0) is 13.2. The molecule has 0 atom stereocenters. The van der Waals surface area contributed by atoms with Gasteiger partial charge in [0.15, 0.2) is 5.11 Å². The van der Waals surface area contributed by atoms with Crippen molar-refractivity contribution in [3.8, 4) is 0 Å². The Bertz CT molecular complexity index is 346. The summed E-state index contributed by atoms with van der Waals surface area (Å²) >= 11 is 5.23. The molecule has 0 unspecified atom stereocenters. The molecule has 1 aromatic carbocycles. The van der Waals surface area contributed by atoms with E-state index in [-0.39, 0.29) is 0 Å². The Morgan fingerprint density at radius 2 is 1.72 bits per heavy atom. The molecule has 3 heteroatoms. The summed E-state index contributed by atoms with van der Waals surface area (Å²) in [6.45, 7) is 5.33. The zero-order valence-corrected chi connectivity index (χ0v) is 12.3. The van der Waals surface area contributed by atoms with Crippen molar-refractivity contribution >= 4 is 23.0 Å². The van der Waals surface area contributed by atoms with Crippen LogP contribution >= 0.6 is 12.2 Å². The maximum Gasteiger partial charge on any atom is 0.170 e. The van der Waals surface area contributed by atoms with Gasteiger partial charge in [0.25, 0.3) is 0 Å². The van der Waals surface area contributed by atoms with Crippen LogP contribution in [0.4, 0.5) is 5.69 Å². The molecule has 0 amide bonds. The number of benzene rings is 1. The Morgan fingerprint density at radius 1 is 1.06 bits per heavy atom. The first-order valence-electron chi connectivity index (χ1n) is 6.90. The van der Waals surface area contributed by atoms with Crippen LogP contribution in [0.1, 0.15) is 45.1 Å². The van der Waals surface area contributed by atoms with Crippen molar-refractivity contribution in [2.45, 2.75) is 46.0 Å². The second-order valence-electron chi connectivity index (χ2n) is 4.53. The minimum Gasteiger partial charge on any atom is -0.362 e. The predicted molar refractivity (Wildman–Crippen MR) is 84.2 cm³/mol. The molecule has 0 aromatic heterocycles. The van der Waals surface area contributed by atoms with Crippen molar-refractivity contribution in [1.82, 2.24) is 5.32 Å². The Morgan fingerprint density at radius 3 is 2.33 bits per heavy atom. The Kier molecular flexibility index (Phi) is 7.42. The van der Waals surface area contributed by atoms with Gasteiger partial charge in [-0.3, -0.25) is 0 Å². The number of hydrogen-bond acceptors (Lipinski definition) is 1. The monoisotopic (exact) mass is 264 g/mol. The lowest BCUT2D eigenvalue weighted by Gasteiger charge is -2.10. The second-order valence-corrected chi connectivity index (χ2v) is 4.94. The number of aryl methyl sites for hydroxylation is 1. The lowest BCUT2D eigenvalue weighted by atomic mass is 10.1. The van der Waals surface area contributed by atoms with Gasteiger partial charge >= 0.3 is 0 Å². The molecule has 100 valence electrons. The molecular weight excluding hydrogens is 240 g/mol. The molecule has 2 nitrogen and oxygen atoms in total. The molecule has 0 aliphatic heterocycles. The van der Waals surface area contributed by atoms with E-state index in [1.165, 1.54) is 24.8 Å². The lowest BCUT2D eigenvalue weighted by molar-refractivity contribution is 0.758. The van der Waals surface area contributed by atoms with Gasteiger partial charge in [-0.25, -0.2) is 0 Å². The summed E-state index contributed by atoms with van der Waals surface area (Å²) in [7, 11) is 0. The molecule has 0 saturated carbocycles. The maximum absolute atomic E-state index is 5.23. The van der Waals surface area contributed by atoms with Crippen LogP contribution in [0.25, 0.3) is 0 Å². The number of rotatable bonds is 7. The zero-order valence-electron chi connectivity index (χ0n) is 11.5. The molecule has 0 spiro atoms. The standard InChI is InChI=1S/C15H24N2S/c1-3-5-7-13-8-10-14(11-9-13)17-15(18)16-12-6-4-2/h8-11H,3-7,12H2,1-2H3,(H2,16,17,18). The van der Waals surface area contributed by atoms with Crippen molar-refractivity contribution in [1.29, 1.82) is 0 Å². The second kappa shape index (κ2) is 8.92. The topological polar surface area (TPSA) is 24.1 Å². The first-order chi connectivity index (χ1) is 8.76. The van der Waals surface area contributed by atoms with Crippen LogP contribution in [0.3, 0.4) is 0 Å². The fraction of sp³-hybridized carbons (Fsp3) is 0.533. The average molecular weight is 264 g/mol. The largest absolute Gasteiger partial charge is 0.362 e. The van der Waals surface area contributed by atoms with Gasteiger partial charge in [0.2, 0.25) is 0 Å². The summed E-state index contributed by atoms with van der Waals surface area (Å²) in [4.78, 5) is 0. The first kappa shape index (κ1) is 15.0. The fourth-order valence-electron chi connectivity index (χ4n) is 1.69. The van der Waals surface area contributed by atoms with Crippen LogP contribution in [0, 0.1) is 0 Å². The van der Waals surface area contributed by atoms with Gasteiger partial charge in [-0.15, -0.1) is 0 Å². The third-order valence-electron chi connectivity index (χ3n) is 2.85. The number of anilines is 1. The van der Waals surface area contributed by atoms with E-state index < -0.39 is 0 Å². The number of unbranched alkanes of at least 4 members (excludes halogenated alkanes) is 2. The van der Waals surface area contributed by atoms with E-state index in [0.717, 1.165) is 25.1 Å². The Labute approximate surface area is 116 Å². The highest BCUT2D eigenvalue weighted by Gasteiger charge is 1.97. The van der Waals surface area contributed by atoms with Gasteiger partial charge in [-0.2, -0.15) is 0 Å². The summed E-state index contributed by atoms with van der Waals surface area (Å²) in [5, 5.41) is 7.12. The number of thiocarbonyl (C=S) groups is 1. The molecule has 1 aromatic rings. The molecule has 0 saturated heterocycles. The number of hydrogen-bond donors (Lipinski definition) is 2. The third-order valence-corrected chi connectivity index (χ3v) is 3.09. The average Bonchev–Trinajstić information content (AvgIpc) is 2.38. The summed E-state index contributed by atoms with van der Waals surface area (Å²) < 4.78 is 0. The molecule has 0 fully saturated rings. The van der Waals surface area contributed by atoms with Crippen LogP contribution < -0.4 is 10.6 Å². The maximum atomic E-state index is 5.23. The minimum atomic E-state index is 0.713. The third kappa shape index (κ3) is 6.01. The summed E-state index contributed by atoms with van der Waals surface area (Å²) in [6, 6.07) is 8.54. The molecule has 2 N–H and O–H groups in total. The van der Waals surface area contributed by atoms with E-state index in [1.54, 1.807) is 0 Å². The first-order valence-corrected chi connectivity index (χ1v) is 7.31. The van der Waals surface area contributed by atoms with Crippen molar-refractivity contribution < 1.29 is 0 Å². The van der Waals surface area contributed by atoms with Crippen LogP contribution in [0.5, 0.6) is 0 Å². The van der Waals surface area contributed by atoms with E-state index in [1.807, 2.05) is 0 Å². The smallest absolute Gasteiger partial charge is 0.170 e. The summed E-state index contributed by atoms with van der Waals surface area (Å²) in [5.74, 6) is 0. The van der Waals surface area contributed by atoms with Crippen molar-refractivity contribution in [3.05, 3.63) is 29.8 Å². The Balaban J connectivity index is 2.35. The van der Waals surface area contributed by atoms with Crippen LogP contribution in [-0.2, 0) is 6.42 Å². The van der Waals surface area contributed by atoms with E-state index in [0.29, 0.717) is 5.11 Å². The fourth-order valence-corrected chi connectivity index (χ4v) is 1.91. The van der Waals surface area contributed by atoms with Gasteiger partial charge in [-0.1, -0.05) is 38.8 Å². The molecule has 0 aliphatic rings. The SMILES string of the molecule is CCCCNC(=S)Nc1ccc(CCCC)cc1. The van der Waals surface area contributed by atoms with Gasteiger partial charge < -0.3 is 10.6 Å². The quantitative estimate of drug-likeness (QED) is 0.572. The highest BCUT2D eigenvalue weighted by Crippen LogP contribution is 2.11. The highest BCUT2D eigenvalue weighted by atomic mass is 32.1. The molecule has 0 bridgehead atoms. The summed E-state index contributed by atoms with van der Waals surface area (Å²) in [5.41, 5.74) is 2.46. The van der Waals surface area contributed by atoms with Crippen molar-refractivity contribution in [2.75, 3.05) is 11.9 Å². The van der Waals surface area contributed by atoms with Gasteiger partial charge in [0, 0.05) is 12.2 Å².